The van der Waals surface area contributed by atoms with Gasteiger partial charge in [-0.2, -0.15) is 5.10 Å². The fourth-order valence-electron chi connectivity index (χ4n) is 3.74. The van der Waals surface area contributed by atoms with Gasteiger partial charge in [0.1, 0.15) is 11.6 Å². The van der Waals surface area contributed by atoms with E-state index in [0.717, 1.165) is 24.1 Å². The highest BCUT2D eigenvalue weighted by Crippen LogP contribution is 2.34. The summed E-state index contributed by atoms with van der Waals surface area (Å²) in [6, 6.07) is 15.6. The molecule has 1 fully saturated rings. The number of amides is 2. The number of carbonyl (C=O) groups is 1. The fourth-order valence-corrected chi connectivity index (χ4v) is 3.74. The van der Waals surface area contributed by atoms with Gasteiger partial charge < -0.3 is 15.0 Å². The van der Waals surface area contributed by atoms with Gasteiger partial charge >= 0.3 is 6.03 Å². The lowest BCUT2D eigenvalue weighted by Crippen LogP contribution is -2.43. The topological polar surface area (TPSA) is 59.4 Å². The average Bonchev–Trinajstić information content (AvgIpc) is 3.56. The van der Waals surface area contributed by atoms with Gasteiger partial charge in [0.05, 0.1) is 23.5 Å². The molecule has 0 radical (unpaired) electrons. The molecular weight excluding hydrogens is 419 g/mol. The van der Waals surface area contributed by atoms with E-state index in [1.165, 1.54) is 12.1 Å². The number of carbonyl (C=O) groups excluding carboxylic acids is 1. The van der Waals surface area contributed by atoms with Gasteiger partial charge in [0.25, 0.3) is 0 Å². The smallest absolute Gasteiger partial charge is 0.317 e. The summed E-state index contributed by atoms with van der Waals surface area (Å²) in [5, 5.41) is 7.83. The second kappa shape index (κ2) is 10.1. The van der Waals surface area contributed by atoms with Crippen LogP contribution in [0.4, 0.5) is 9.18 Å². The van der Waals surface area contributed by atoms with E-state index >= 15 is 0 Å². The number of urea groups is 1. The SMILES string of the molecule is CCc1nn(-c2ccc(F)cc2)c(Oc2ccccc2)c1CN(CC1CC1)C(=O)NC(C)C. The minimum absolute atomic E-state index is 0.0480. The first kappa shape index (κ1) is 22.8. The molecule has 2 amide bonds. The van der Waals surface area contributed by atoms with Gasteiger partial charge in [0.15, 0.2) is 0 Å². The van der Waals surface area contributed by atoms with Crippen LogP contribution in [0.5, 0.6) is 11.6 Å². The van der Waals surface area contributed by atoms with Crippen LogP contribution in [0.25, 0.3) is 5.69 Å². The number of aromatic nitrogens is 2. The molecule has 1 heterocycles. The molecule has 0 atom stereocenters. The van der Waals surface area contributed by atoms with E-state index in [0.29, 0.717) is 42.7 Å². The molecule has 1 aliphatic carbocycles. The van der Waals surface area contributed by atoms with Crippen LogP contribution in [0.3, 0.4) is 0 Å². The van der Waals surface area contributed by atoms with Crippen LogP contribution in [-0.2, 0) is 13.0 Å². The van der Waals surface area contributed by atoms with E-state index in [4.69, 9.17) is 9.84 Å². The van der Waals surface area contributed by atoms with Crippen LogP contribution >= 0.6 is 0 Å². The molecule has 1 saturated carbocycles. The summed E-state index contributed by atoms with van der Waals surface area (Å²) in [5.41, 5.74) is 2.41. The first-order chi connectivity index (χ1) is 15.9. The summed E-state index contributed by atoms with van der Waals surface area (Å²) in [4.78, 5) is 14.9. The number of hydrogen-bond donors (Lipinski definition) is 1. The van der Waals surface area contributed by atoms with E-state index in [2.05, 4.69) is 5.32 Å². The lowest BCUT2D eigenvalue weighted by atomic mass is 10.1. The lowest BCUT2D eigenvalue weighted by Gasteiger charge is -2.25. The predicted octanol–water partition coefficient (Wildman–Crippen LogP) is 5.70. The molecule has 2 aromatic carbocycles. The fraction of sp³-hybridized carbons (Fsp3) is 0.385. The summed E-state index contributed by atoms with van der Waals surface area (Å²) in [6.07, 6.45) is 2.97. The maximum absolute atomic E-state index is 13.6. The largest absolute Gasteiger partial charge is 0.439 e. The van der Waals surface area contributed by atoms with Crippen LogP contribution in [0.15, 0.2) is 54.6 Å². The third-order valence-corrected chi connectivity index (χ3v) is 5.61. The van der Waals surface area contributed by atoms with E-state index in [1.54, 1.807) is 16.8 Å². The standard InChI is InChI=1S/C26H31FN4O2/c1-4-24-23(17-30(16-19-10-11-19)26(32)28-18(2)3)25(33-22-8-6-5-7-9-22)31(29-24)21-14-12-20(27)13-15-21/h5-9,12-15,18-19H,4,10-11,16-17H2,1-3H3,(H,28,32). The normalized spacial score (nSPS) is 13.2. The number of aryl methyl sites for hydroxylation is 1. The molecule has 6 nitrogen and oxygen atoms in total. The van der Waals surface area contributed by atoms with Crippen molar-refractivity contribution in [3.8, 4) is 17.3 Å². The number of halogens is 1. The molecular formula is C26H31FN4O2. The third kappa shape index (κ3) is 5.72. The van der Waals surface area contributed by atoms with Crippen molar-refractivity contribution in [2.45, 2.75) is 52.6 Å². The van der Waals surface area contributed by atoms with Crippen LogP contribution in [0.1, 0.15) is 44.9 Å². The molecule has 0 unspecified atom stereocenters. The maximum Gasteiger partial charge on any atom is 0.317 e. The highest BCUT2D eigenvalue weighted by molar-refractivity contribution is 5.74. The number of benzene rings is 2. The molecule has 1 aliphatic rings. The van der Waals surface area contributed by atoms with Crippen molar-refractivity contribution in [3.63, 3.8) is 0 Å². The first-order valence-electron chi connectivity index (χ1n) is 11.6. The number of nitrogens with one attached hydrogen (secondary N) is 1. The zero-order valence-corrected chi connectivity index (χ0v) is 19.4. The number of ether oxygens (including phenoxy) is 1. The summed E-state index contributed by atoms with van der Waals surface area (Å²) < 4.78 is 21.6. The summed E-state index contributed by atoms with van der Waals surface area (Å²) in [5.74, 6) is 1.44. The highest BCUT2D eigenvalue weighted by atomic mass is 19.1. The van der Waals surface area contributed by atoms with Crippen molar-refractivity contribution in [2.24, 2.45) is 5.92 Å². The van der Waals surface area contributed by atoms with Crippen LogP contribution < -0.4 is 10.1 Å². The average molecular weight is 451 g/mol. The Morgan fingerprint density at radius 1 is 1.18 bits per heavy atom. The van der Waals surface area contributed by atoms with E-state index < -0.39 is 0 Å². The number of nitrogens with zero attached hydrogens (tertiary/aromatic N) is 3. The first-order valence-corrected chi connectivity index (χ1v) is 11.6. The van der Waals surface area contributed by atoms with Crippen molar-refractivity contribution in [1.29, 1.82) is 0 Å². The Morgan fingerprint density at radius 3 is 2.48 bits per heavy atom. The van der Waals surface area contributed by atoms with Crippen molar-refractivity contribution < 1.29 is 13.9 Å². The van der Waals surface area contributed by atoms with E-state index in [-0.39, 0.29) is 17.9 Å². The molecule has 174 valence electrons. The maximum atomic E-state index is 13.6. The van der Waals surface area contributed by atoms with Crippen LogP contribution in [-0.4, -0.2) is 33.3 Å². The quantitative estimate of drug-likeness (QED) is 0.455. The molecule has 33 heavy (non-hydrogen) atoms. The van der Waals surface area contributed by atoms with E-state index in [1.807, 2.05) is 56.0 Å². The number of rotatable bonds is 9. The zero-order valence-electron chi connectivity index (χ0n) is 19.4. The Bertz CT molecular complexity index is 1080. The molecule has 1 aromatic heterocycles. The summed E-state index contributed by atoms with van der Waals surface area (Å²) >= 11 is 0. The molecule has 3 aromatic rings. The predicted molar refractivity (Wildman–Crippen MR) is 126 cm³/mol. The second-order valence-electron chi connectivity index (χ2n) is 8.82. The Kier molecular flexibility index (Phi) is 6.96. The van der Waals surface area contributed by atoms with Gasteiger partial charge in [-0.05, 0) is 75.4 Å². The molecule has 0 spiro atoms. The Balaban J connectivity index is 1.75. The van der Waals surface area contributed by atoms with Gasteiger partial charge in [-0.3, -0.25) is 0 Å². The zero-order chi connectivity index (χ0) is 23.4. The lowest BCUT2D eigenvalue weighted by molar-refractivity contribution is 0.189. The molecule has 1 N–H and O–H groups in total. The molecule has 7 heteroatoms. The molecule has 0 saturated heterocycles. The summed E-state index contributed by atoms with van der Waals surface area (Å²) in [7, 11) is 0. The molecule has 0 bridgehead atoms. The van der Waals surface area contributed by atoms with Gasteiger partial charge in [-0.1, -0.05) is 25.1 Å². The van der Waals surface area contributed by atoms with Crippen molar-refractivity contribution in [2.75, 3.05) is 6.54 Å². The number of para-hydroxylation sites is 1. The van der Waals surface area contributed by atoms with Crippen LogP contribution in [0, 0.1) is 11.7 Å². The van der Waals surface area contributed by atoms with E-state index in [9.17, 15) is 9.18 Å². The van der Waals surface area contributed by atoms with Gasteiger partial charge in [0, 0.05) is 12.6 Å². The third-order valence-electron chi connectivity index (χ3n) is 5.61. The number of hydrogen-bond acceptors (Lipinski definition) is 3. The van der Waals surface area contributed by atoms with Crippen molar-refractivity contribution in [1.82, 2.24) is 20.0 Å². The van der Waals surface area contributed by atoms with Crippen LogP contribution in [0.2, 0.25) is 0 Å². The second-order valence-corrected chi connectivity index (χ2v) is 8.82. The minimum atomic E-state index is -0.312. The Hall–Kier alpha value is -3.35. The Labute approximate surface area is 194 Å². The van der Waals surface area contributed by atoms with Crippen molar-refractivity contribution in [3.05, 3.63) is 71.7 Å². The molecule has 4 rings (SSSR count). The van der Waals surface area contributed by atoms with Gasteiger partial charge in [-0.25, -0.2) is 13.9 Å². The van der Waals surface area contributed by atoms with Gasteiger partial charge in [-0.15, -0.1) is 0 Å². The van der Waals surface area contributed by atoms with Gasteiger partial charge in [0.2, 0.25) is 5.88 Å². The molecule has 0 aliphatic heterocycles. The van der Waals surface area contributed by atoms with Crippen molar-refractivity contribution >= 4 is 6.03 Å². The highest BCUT2D eigenvalue weighted by Gasteiger charge is 2.30. The summed E-state index contributed by atoms with van der Waals surface area (Å²) in [6.45, 7) is 7.05. The monoisotopic (exact) mass is 450 g/mol. The Morgan fingerprint density at radius 2 is 1.88 bits per heavy atom. The minimum Gasteiger partial charge on any atom is -0.439 e.